The van der Waals surface area contributed by atoms with Crippen molar-refractivity contribution in [2.24, 2.45) is 0 Å². The molecule has 0 amide bonds. The van der Waals surface area contributed by atoms with E-state index in [0.29, 0.717) is 17.5 Å². The van der Waals surface area contributed by atoms with Gasteiger partial charge in [-0.1, -0.05) is 13.8 Å². The van der Waals surface area contributed by atoms with Gasteiger partial charge in [0.1, 0.15) is 5.75 Å². The van der Waals surface area contributed by atoms with Crippen molar-refractivity contribution in [1.29, 1.82) is 0 Å². The number of rotatable bonds is 4. The van der Waals surface area contributed by atoms with E-state index in [2.05, 4.69) is 13.8 Å². The lowest BCUT2D eigenvalue weighted by Crippen LogP contribution is -1.97. The number of thioether (sulfide) groups is 1. The molecule has 0 aliphatic rings. The molecule has 0 bridgehead atoms. The van der Waals surface area contributed by atoms with Crippen molar-refractivity contribution in [2.45, 2.75) is 30.9 Å². The van der Waals surface area contributed by atoms with Crippen LogP contribution in [0.4, 0.5) is 5.69 Å². The fourth-order valence-corrected chi connectivity index (χ4v) is 2.01. The summed E-state index contributed by atoms with van der Waals surface area (Å²) in [6.07, 6.45) is 0. The van der Waals surface area contributed by atoms with Gasteiger partial charge in [0.15, 0.2) is 0 Å². The monoisotopic (exact) mass is 211 g/mol. The van der Waals surface area contributed by atoms with Gasteiger partial charge in [0.2, 0.25) is 0 Å². The van der Waals surface area contributed by atoms with Crippen LogP contribution in [-0.2, 0) is 0 Å². The van der Waals surface area contributed by atoms with Gasteiger partial charge in [0.25, 0.3) is 0 Å². The quantitative estimate of drug-likeness (QED) is 0.613. The highest BCUT2D eigenvalue weighted by Crippen LogP contribution is 2.30. The van der Waals surface area contributed by atoms with Crippen LogP contribution in [0, 0.1) is 0 Å². The summed E-state index contributed by atoms with van der Waals surface area (Å²) in [7, 11) is 0. The first-order chi connectivity index (χ1) is 6.63. The molecule has 14 heavy (non-hydrogen) atoms. The SMILES string of the molecule is CCOc1cc(SC(C)C)ccc1N. The van der Waals surface area contributed by atoms with Gasteiger partial charge >= 0.3 is 0 Å². The molecule has 3 heteroatoms. The topological polar surface area (TPSA) is 35.2 Å². The average molecular weight is 211 g/mol. The standard InChI is InChI=1S/C11H17NOS/c1-4-13-11-7-9(14-8(2)3)5-6-10(11)12/h5-8H,4,12H2,1-3H3. The fraction of sp³-hybridized carbons (Fsp3) is 0.455. The molecule has 2 N–H and O–H groups in total. The van der Waals surface area contributed by atoms with Crippen molar-refractivity contribution in [3.8, 4) is 5.75 Å². The predicted molar refractivity (Wildman–Crippen MR) is 63.0 cm³/mol. The van der Waals surface area contributed by atoms with Crippen molar-refractivity contribution >= 4 is 17.4 Å². The van der Waals surface area contributed by atoms with E-state index in [1.54, 1.807) is 0 Å². The third kappa shape index (κ3) is 3.14. The van der Waals surface area contributed by atoms with Gasteiger partial charge in [-0.3, -0.25) is 0 Å². The van der Waals surface area contributed by atoms with Crippen molar-refractivity contribution in [3.63, 3.8) is 0 Å². The van der Waals surface area contributed by atoms with Crippen LogP contribution in [0.25, 0.3) is 0 Å². The average Bonchev–Trinajstić information content (AvgIpc) is 2.10. The Kier molecular flexibility index (Phi) is 4.14. The molecule has 0 atom stereocenters. The summed E-state index contributed by atoms with van der Waals surface area (Å²) in [5, 5.41) is 0.577. The van der Waals surface area contributed by atoms with Gasteiger partial charge in [0.05, 0.1) is 12.3 Å². The smallest absolute Gasteiger partial charge is 0.143 e. The Labute approximate surface area is 89.8 Å². The van der Waals surface area contributed by atoms with E-state index < -0.39 is 0 Å². The van der Waals surface area contributed by atoms with Crippen LogP contribution in [0.5, 0.6) is 5.75 Å². The van der Waals surface area contributed by atoms with E-state index in [4.69, 9.17) is 10.5 Å². The third-order valence-corrected chi connectivity index (χ3v) is 2.65. The van der Waals surface area contributed by atoms with E-state index in [0.717, 1.165) is 5.75 Å². The maximum atomic E-state index is 5.77. The number of anilines is 1. The second-order valence-electron chi connectivity index (χ2n) is 3.30. The highest BCUT2D eigenvalue weighted by Gasteiger charge is 2.03. The number of nitrogens with two attached hydrogens (primary N) is 1. The molecule has 1 aromatic rings. The zero-order valence-electron chi connectivity index (χ0n) is 8.91. The molecule has 0 unspecified atom stereocenters. The molecule has 0 saturated carbocycles. The van der Waals surface area contributed by atoms with Crippen LogP contribution in [-0.4, -0.2) is 11.9 Å². The summed E-state index contributed by atoms with van der Waals surface area (Å²) in [6, 6.07) is 5.93. The first-order valence-electron chi connectivity index (χ1n) is 4.82. The van der Waals surface area contributed by atoms with Crippen LogP contribution >= 0.6 is 11.8 Å². The second-order valence-corrected chi connectivity index (χ2v) is 4.95. The summed E-state index contributed by atoms with van der Waals surface area (Å²) in [5.74, 6) is 0.790. The van der Waals surface area contributed by atoms with Crippen LogP contribution in [0.1, 0.15) is 20.8 Å². The molecule has 0 fully saturated rings. The van der Waals surface area contributed by atoms with Gasteiger partial charge < -0.3 is 10.5 Å². The number of hydrogen-bond acceptors (Lipinski definition) is 3. The maximum Gasteiger partial charge on any atom is 0.143 e. The summed E-state index contributed by atoms with van der Waals surface area (Å²) in [5.41, 5.74) is 6.48. The summed E-state index contributed by atoms with van der Waals surface area (Å²) >= 11 is 1.81. The lowest BCUT2D eigenvalue weighted by molar-refractivity contribution is 0.341. The Morgan fingerprint density at radius 2 is 2.14 bits per heavy atom. The lowest BCUT2D eigenvalue weighted by atomic mass is 10.3. The highest BCUT2D eigenvalue weighted by molar-refractivity contribution is 7.99. The Hall–Kier alpha value is -0.830. The molecule has 0 spiro atoms. The normalized spacial score (nSPS) is 10.6. The van der Waals surface area contributed by atoms with E-state index in [1.807, 2.05) is 36.9 Å². The number of hydrogen-bond donors (Lipinski definition) is 1. The van der Waals surface area contributed by atoms with Crippen LogP contribution in [0.2, 0.25) is 0 Å². The fourth-order valence-electron chi connectivity index (χ4n) is 1.14. The van der Waals surface area contributed by atoms with Crippen molar-refractivity contribution in [2.75, 3.05) is 12.3 Å². The molecular formula is C11H17NOS. The molecule has 0 saturated heterocycles. The second kappa shape index (κ2) is 5.15. The molecule has 0 aliphatic carbocycles. The first kappa shape index (κ1) is 11.2. The van der Waals surface area contributed by atoms with E-state index in [9.17, 15) is 0 Å². The van der Waals surface area contributed by atoms with Crippen molar-refractivity contribution in [1.82, 2.24) is 0 Å². The number of ether oxygens (including phenoxy) is 1. The maximum absolute atomic E-state index is 5.77. The third-order valence-electron chi connectivity index (χ3n) is 1.66. The van der Waals surface area contributed by atoms with E-state index in [-0.39, 0.29) is 0 Å². The van der Waals surface area contributed by atoms with Crippen LogP contribution in [0.3, 0.4) is 0 Å². The molecule has 1 aromatic carbocycles. The van der Waals surface area contributed by atoms with Crippen LogP contribution in [0.15, 0.2) is 23.1 Å². The molecule has 78 valence electrons. The molecule has 0 heterocycles. The minimum atomic E-state index is 0.577. The van der Waals surface area contributed by atoms with Gasteiger partial charge in [-0.05, 0) is 25.1 Å². The largest absolute Gasteiger partial charge is 0.492 e. The van der Waals surface area contributed by atoms with Crippen molar-refractivity contribution < 1.29 is 4.74 Å². The summed E-state index contributed by atoms with van der Waals surface area (Å²) < 4.78 is 5.42. The molecule has 0 aliphatic heterocycles. The summed E-state index contributed by atoms with van der Waals surface area (Å²) in [6.45, 7) is 6.95. The molecule has 2 nitrogen and oxygen atoms in total. The van der Waals surface area contributed by atoms with E-state index >= 15 is 0 Å². The number of nitrogen functional groups attached to an aromatic ring is 1. The Morgan fingerprint density at radius 1 is 1.43 bits per heavy atom. The van der Waals surface area contributed by atoms with Crippen LogP contribution < -0.4 is 10.5 Å². The molecule has 0 aromatic heterocycles. The summed E-state index contributed by atoms with van der Waals surface area (Å²) in [4.78, 5) is 1.21. The van der Waals surface area contributed by atoms with Gasteiger partial charge in [0, 0.05) is 10.1 Å². The van der Waals surface area contributed by atoms with E-state index in [1.165, 1.54) is 4.90 Å². The first-order valence-corrected chi connectivity index (χ1v) is 5.70. The molecule has 0 radical (unpaired) electrons. The zero-order chi connectivity index (χ0) is 10.6. The zero-order valence-corrected chi connectivity index (χ0v) is 9.73. The van der Waals surface area contributed by atoms with Gasteiger partial charge in [-0.15, -0.1) is 11.8 Å². The Morgan fingerprint density at radius 3 is 2.71 bits per heavy atom. The molecular weight excluding hydrogens is 194 g/mol. The molecule has 1 rings (SSSR count). The Balaban J connectivity index is 2.83. The van der Waals surface area contributed by atoms with Gasteiger partial charge in [-0.2, -0.15) is 0 Å². The highest BCUT2D eigenvalue weighted by atomic mass is 32.2. The number of benzene rings is 1. The Bertz CT molecular complexity index is 299. The minimum Gasteiger partial charge on any atom is -0.492 e. The predicted octanol–water partition coefficient (Wildman–Crippen LogP) is 3.17. The minimum absolute atomic E-state index is 0.577. The lowest BCUT2D eigenvalue weighted by Gasteiger charge is -2.10. The van der Waals surface area contributed by atoms with Crippen molar-refractivity contribution in [3.05, 3.63) is 18.2 Å². The van der Waals surface area contributed by atoms with Gasteiger partial charge in [-0.25, -0.2) is 0 Å².